The normalized spacial score (nSPS) is 16.5. The van der Waals surface area contributed by atoms with E-state index in [0.717, 1.165) is 17.0 Å². The zero-order chi connectivity index (χ0) is 25.5. The molecule has 1 atom stereocenters. The number of nitrogens with one attached hydrogen (secondary N) is 1. The second-order valence-corrected chi connectivity index (χ2v) is 6.24. The van der Waals surface area contributed by atoms with Crippen molar-refractivity contribution in [2.75, 3.05) is 16.8 Å². The van der Waals surface area contributed by atoms with E-state index in [1.165, 1.54) is 18.2 Å². The van der Waals surface area contributed by atoms with Gasteiger partial charge in [0.05, 0.1) is 30.0 Å². The van der Waals surface area contributed by atoms with Gasteiger partial charge in [-0.25, -0.2) is 9.78 Å². The molecule has 0 radical (unpaired) electrons. The van der Waals surface area contributed by atoms with Crippen LogP contribution in [0.2, 0.25) is 0 Å². The first-order valence-corrected chi connectivity index (χ1v) is 8.74. The molecule has 0 fully saturated rings. The molecular weight excluding hydrogens is 397 g/mol. The topological polar surface area (TPSA) is 67.3 Å². The predicted octanol–water partition coefficient (Wildman–Crippen LogP) is 4.67. The van der Waals surface area contributed by atoms with Gasteiger partial charge in [-0.3, -0.25) is 9.88 Å². The highest BCUT2D eigenvalue weighted by atomic mass is 19.4. The molecule has 4 rings (SSSR count). The number of halogens is 3. The number of fused-ring (bicyclic) bond motifs is 1. The molecule has 3 aromatic rings. The molecular formula is C21H17F3N4O2. The molecule has 1 aliphatic rings. The smallest absolute Gasteiger partial charge is 0.416 e. The van der Waals surface area contributed by atoms with Gasteiger partial charge in [-0.15, -0.1) is 0 Å². The Morgan fingerprint density at radius 3 is 2.90 bits per heavy atom. The molecule has 2 aromatic heterocycles. The average Bonchev–Trinajstić information content (AvgIpc) is 3.20. The van der Waals surface area contributed by atoms with Crippen molar-refractivity contribution < 1.29 is 29.6 Å². The Balaban J connectivity index is 1.52. The Labute approximate surface area is 177 Å². The molecule has 1 aromatic carbocycles. The molecule has 9 heteroatoms. The summed E-state index contributed by atoms with van der Waals surface area (Å²) in [5, 5.41) is 2.36. The number of carbonyl (C=O) groups excluding carboxylic acids is 1. The summed E-state index contributed by atoms with van der Waals surface area (Å²) in [4.78, 5) is 21.6. The Morgan fingerprint density at radius 1 is 1.27 bits per heavy atom. The fraction of sp³-hybridized carbons (Fsp3) is 0.190. The first-order chi connectivity index (χ1) is 16.4. The van der Waals surface area contributed by atoms with Gasteiger partial charge in [-0.1, -0.05) is 6.07 Å². The average molecular weight is 424 g/mol. The maximum Gasteiger partial charge on any atom is 0.416 e. The van der Waals surface area contributed by atoms with Crippen molar-refractivity contribution in [2.24, 2.45) is 0 Å². The van der Waals surface area contributed by atoms with Crippen LogP contribution in [0, 0.1) is 0 Å². The highest BCUT2D eigenvalue weighted by molar-refractivity contribution is 6.03. The van der Waals surface area contributed by atoms with Crippen LogP contribution in [0.4, 0.5) is 29.3 Å². The molecule has 0 saturated heterocycles. The van der Waals surface area contributed by atoms with Crippen molar-refractivity contribution in [3.63, 3.8) is 0 Å². The maximum absolute atomic E-state index is 13.0. The quantitative estimate of drug-likeness (QED) is 0.661. The van der Waals surface area contributed by atoms with E-state index < -0.39 is 36.6 Å². The van der Waals surface area contributed by atoms with Crippen LogP contribution in [0.15, 0.2) is 60.8 Å². The van der Waals surface area contributed by atoms with E-state index in [1.807, 2.05) is 0 Å². The van der Waals surface area contributed by atoms with Crippen LogP contribution in [0.5, 0.6) is 5.88 Å². The molecule has 30 heavy (non-hydrogen) atoms. The number of hydrogen-bond acceptors (Lipinski definition) is 4. The fourth-order valence-electron chi connectivity index (χ4n) is 2.82. The van der Waals surface area contributed by atoms with Crippen LogP contribution in [0.3, 0.4) is 0 Å². The van der Waals surface area contributed by atoms with Crippen LogP contribution in [0.1, 0.15) is 23.7 Å². The summed E-state index contributed by atoms with van der Waals surface area (Å²) < 4.78 is 84.1. The fourth-order valence-corrected chi connectivity index (χ4v) is 2.82. The molecule has 0 aliphatic carbocycles. The highest BCUT2D eigenvalue weighted by Gasteiger charge is 2.33. The molecule has 1 N–H and O–H groups in total. The van der Waals surface area contributed by atoms with Crippen LogP contribution >= 0.6 is 0 Å². The molecule has 154 valence electrons. The van der Waals surface area contributed by atoms with Gasteiger partial charge in [-0.05, 0) is 48.3 Å². The molecule has 1 unspecified atom stereocenters. The first kappa shape index (κ1) is 14.4. The maximum atomic E-state index is 13.0. The predicted molar refractivity (Wildman–Crippen MR) is 104 cm³/mol. The summed E-state index contributed by atoms with van der Waals surface area (Å²) in [7, 11) is 0. The Kier molecular flexibility index (Phi) is 3.84. The number of benzene rings is 1. The zero-order valence-electron chi connectivity index (χ0n) is 20.2. The number of ether oxygens (including phenoxy) is 1. The summed E-state index contributed by atoms with van der Waals surface area (Å²) in [6.07, 6.45) is -5.10. The van der Waals surface area contributed by atoms with Gasteiger partial charge in [0, 0.05) is 24.5 Å². The molecule has 3 heterocycles. The number of carbonyl (C=O) groups is 1. The molecule has 0 bridgehead atoms. The first-order valence-electron chi connectivity index (χ1n) is 11.3. The van der Waals surface area contributed by atoms with E-state index in [4.69, 9.17) is 11.6 Å². The number of urea groups is 1. The monoisotopic (exact) mass is 424 g/mol. The van der Waals surface area contributed by atoms with Gasteiger partial charge in [0.15, 0.2) is 0 Å². The summed E-state index contributed by atoms with van der Waals surface area (Å²) in [5.74, 6) is -0.241. The largest absolute Gasteiger partial charge is 0.471 e. The summed E-state index contributed by atoms with van der Waals surface area (Å²) in [5.41, 5.74) is -0.888. The SMILES string of the molecule is [3H]c1cccc(C([3H])Oc2cc([3H])c(NC(=O)N3CCc4cc(C(F)(F)F)cc([3H])c43)c([3H])n2)n1. The number of nitrogens with zero attached hydrogens (tertiary/aromatic N) is 3. The van der Waals surface area contributed by atoms with Gasteiger partial charge in [-0.2, -0.15) is 13.2 Å². The third-order valence-corrected chi connectivity index (χ3v) is 4.23. The Bertz CT molecular complexity index is 1290. The van der Waals surface area contributed by atoms with E-state index in [1.54, 1.807) is 0 Å². The molecule has 6 nitrogen and oxygen atoms in total. The molecule has 1 aliphatic heterocycles. The third kappa shape index (κ3) is 4.35. The standard InChI is InChI=1S/C21H17F3N4O2/c22-21(23,24)15-4-6-18-14(11-15)8-10-28(18)20(29)27-16-5-7-19(26-12-16)30-13-17-3-1-2-9-25-17/h1-7,9,11-12H,8,10,13H2,(H,27,29)/i5T,6T,9T,12T,13T. The highest BCUT2D eigenvalue weighted by Crippen LogP contribution is 2.35. The third-order valence-electron chi connectivity index (χ3n) is 4.23. The minimum Gasteiger partial charge on any atom is -0.471 e. The minimum atomic E-state index is -4.62. The van der Waals surface area contributed by atoms with Crippen LogP contribution in [-0.4, -0.2) is 22.5 Å². The second-order valence-electron chi connectivity index (χ2n) is 6.24. The molecule has 0 spiro atoms. The van der Waals surface area contributed by atoms with Crippen LogP contribution < -0.4 is 15.0 Å². The number of alkyl halides is 3. The van der Waals surface area contributed by atoms with E-state index >= 15 is 0 Å². The number of amides is 2. The van der Waals surface area contributed by atoms with Crippen molar-refractivity contribution in [1.82, 2.24) is 9.97 Å². The summed E-state index contributed by atoms with van der Waals surface area (Å²) >= 11 is 0. The number of rotatable bonds is 4. The molecule has 2 amide bonds. The van der Waals surface area contributed by atoms with Gasteiger partial charge in [0.25, 0.3) is 0 Å². The zero-order valence-corrected chi connectivity index (χ0v) is 15.2. The van der Waals surface area contributed by atoms with Crippen molar-refractivity contribution in [1.29, 1.82) is 0 Å². The van der Waals surface area contributed by atoms with Crippen molar-refractivity contribution in [3.8, 4) is 5.88 Å². The van der Waals surface area contributed by atoms with Gasteiger partial charge in [0.1, 0.15) is 6.58 Å². The lowest BCUT2D eigenvalue weighted by atomic mass is 10.1. The van der Waals surface area contributed by atoms with Gasteiger partial charge in [0.2, 0.25) is 5.88 Å². The van der Waals surface area contributed by atoms with Crippen molar-refractivity contribution in [3.05, 3.63) is 77.6 Å². The van der Waals surface area contributed by atoms with Crippen molar-refractivity contribution in [2.45, 2.75) is 19.2 Å². The number of aromatic nitrogens is 2. The van der Waals surface area contributed by atoms with Crippen LogP contribution in [-0.2, 0) is 19.2 Å². The van der Waals surface area contributed by atoms with Gasteiger partial charge < -0.3 is 10.1 Å². The van der Waals surface area contributed by atoms with E-state index in [2.05, 4.69) is 15.3 Å². The van der Waals surface area contributed by atoms with Crippen molar-refractivity contribution >= 4 is 17.4 Å². The lowest BCUT2D eigenvalue weighted by Crippen LogP contribution is -2.33. The number of anilines is 2. The van der Waals surface area contributed by atoms with E-state index in [9.17, 15) is 18.0 Å². The minimum absolute atomic E-state index is 0.0201. The Hall–Kier alpha value is -3.62. The van der Waals surface area contributed by atoms with Gasteiger partial charge >= 0.3 is 12.2 Å². The number of hydrogen-bond donors (Lipinski definition) is 1. The summed E-state index contributed by atoms with van der Waals surface area (Å²) in [6.45, 7) is -1.35. The summed E-state index contributed by atoms with van der Waals surface area (Å²) in [6, 6.07) is 5.42. The molecule has 0 saturated carbocycles. The Morgan fingerprint density at radius 2 is 2.13 bits per heavy atom. The van der Waals surface area contributed by atoms with E-state index in [-0.39, 0.29) is 53.7 Å². The number of pyridine rings is 2. The second kappa shape index (κ2) is 8.02. The lowest BCUT2D eigenvalue weighted by molar-refractivity contribution is -0.137. The van der Waals surface area contributed by atoms with E-state index in [0.29, 0.717) is 6.07 Å². The lowest BCUT2D eigenvalue weighted by Gasteiger charge is -2.18. The van der Waals surface area contributed by atoms with Crippen LogP contribution in [0.25, 0.3) is 0 Å².